The van der Waals surface area contributed by atoms with Crippen LogP contribution in [0.15, 0.2) is 91.1 Å². The van der Waals surface area contributed by atoms with E-state index in [1.165, 1.54) is 18.5 Å². The van der Waals surface area contributed by atoms with Gasteiger partial charge in [0.05, 0.1) is 0 Å². The first-order valence-corrected chi connectivity index (χ1v) is 11.4. The smallest absolute Gasteiger partial charge is 0.250 e. The summed E-state index contributed by atoms with van der Waals surface area (Å²) in [6.45, 7) is 0.981. The maximum Gasteiger partial charge on any atom is 0.250 e. The molecule has 0 aliphatic carbocycles. The van der Waals surface area contributed by atoms with Crippen molar-refractivity contribution < 1.29 is 9.53 Å². The fraction of sp³-hybridized carbons (Fsp3) is 0.214. The average Bonchev–Trinajstić information content (AvgIpc) is 3.30. The highest BCUT2D eigenvalue weighted by atomic mass is 16.5. The lowest BCUT2D eigenvalue weighted by Gasteiger charge is -2.19. The zero-order chi connectivity index (χ0) is 22.5. The van der Waals surface area contributed by atoms with Gasteiger partial charge < -0.3 is 14.6 Å². The van der Waals surface area contributed by atoms with E-state index in [2.05, 4.69) is 14.9 Å². The molecule has 0 bridgehead atoms. The van der Waals surface area contributed by atoms with Crippen molar-refractivity contribution in [3.05, 3.63) is 108 Å². The van der Waals surface area contributed by atoms with E-state index in [0.29, 0.717) is 0 Å². The van der Waals surface area contributed by atoms with Crippen LogP contribution in [-0.2, 0) is 22.5 Å². The second kappa shape index (κ2) is 9.84. The van der Waals surface area contributed by atoms with Crippen molar-refractivity contribution in [2.24, 2.45) is 0 Å². The summed E-state index contributed by atoms with van der Waals surface area (Å²) in [7, 11) is 0. The van der Waals surface area contributed by atoms with Gasteiger partial charge in [-0.15, -0.1) is 0 Å². The van der Waals surface area contributed by atoms with Crippen molar-refractivity contribution >= 4 is 11.6 Å². The fourth-order valence-corrected chi connectivity index (χ4v) is 4.37. The second-order valence-electron chi connectivity index (χ2n) is 8.32. The summed E-state index contributed by atoms with van der Waals surface area (Å²) < 4.78 is 8.37. The maximum absolute atomic E-state index is 12.6. The number of carbonyl (C=O) groups is 1. The Balaban J connectivity index is 1.24. The number of aryl methyl sites for hydroxylation is 1. The molecule has 0 fully saturated rings. The summed E-state index contributed by atoms with van der Waals surface area (Å²) in [4.78, 5) is 17.3. The molecule has 2 heterocycles. The van der Waals surface area contributed by atoms with E-state index in [0.717, 1.165) is 41.2 Å². The second-order valence-corrected chi connectivity index (χ2v) is 8.32. The molecule has 0 atom stereocenters. The molecular formula is C28H27N3O2. The molecule has 5 nitrogen and oxygen atoms in total. The van der Waals surface area contributed by atoms with Crippen LogP contribution in [0.4, 0.5) is 5.69 Å². The third-order valence-corrected chi connectivity index (χ3v) is 6.02. The third kappa shape index (κ3) is 4.89. The summed E-state index contributed by atoms with van der Waals surface area (Å²) in [6.07, 6.45) is 5.20. The SMILES string of the molecule is O=C(COC(c1ccccc1)c1ccccc1)Nc1ccc(-c2ncc3n2CCCC3)cc1. The van der Waals surface area contributed by atoms with Gasteiger partial charge in [-0.2, -0.15) is 0 Å². The lowest BCUT2D eigenvalue weighted by molar-refractivity contribution is -0.121. The molecular weight excluding hydrogens is 410 g/mol. The van der Waals surface area contributed by atoms with Crippen LogP contribution < -0.4 is 5.32 Å². The molecule has 1 aliphatic rings. The Labute approximate surface area is 194 Å². The molecule has 3 aromatic carbocycles. The van der Waals surface area contributed by atoms with Crippen LogP contribution >= 0.6 is 0 Å². The topological polar surface area (TPSA) is 56.1 Å². The number of imidazole rings is 1. The van der Waals surface area contributed by atoms with E-state index in [-0.39, 0.29) is 18.6 Å². The molecule has 0 unspecified atom stereocenters. The van der Waals surface area contributed by atoms with E-state index in [4.69, 9.17) is 4.74 Å². The summed E-state index contributed by atoms with van der Waals surface area (Å²) >= 11 is 0. The molecule has 5 heteroatoms. The molecule has 0 radical (unpaired) electrons. The van der Waals surface area contributed by atoms with Crippen LogP contribution in [0, 0.1) is 0 Å². The molecule has 1 aromatic heterocycles. The molecule has 33 heavy (non-hydrogen) atoms. The molecule has 1 N–H and O–H groups in total. The normalized spacial score (nSPS) is 13.0. The van der Waals surface area contributed by atoms with Crippen LogP contribution in [-0.4, -0.2) is 22.1 Å². The van der Waals surface area contributed by atoms with Gasteiger partial charge in [0.25, 0.3) is 0 Å². The summed E-state index contributed by atoms with van der Waals surface area (Å²) in [6, 6.07) is 27.8. The van der Waals surface area contributed by atoms with Gasteiger partial charge in [0.1, 0.15) is 18.5 Å². The molecule has 4 aromatic rings. The molecule has 1 aliphatic heterocycles. The van der Waals surface area contributed by atoms with Crippen LogP contribution in [0.1, 0.15) is 35.8 Å². The van der Waals surface area contributed by atoms with E-state index in [1.54, 1.807) is 0 Å². The van der Waals surface area contributed by atoms with Gasteiger partial charge in [0.2, 0.25) is 5.91 Å². The number of rotatable bonds is 7. The minimum absolute atomic E-state index is 0.0377. The Bertz CT molecular complexity index is 1160. The molecule has 166 valence electrons. The first-order chi connectivity index (χ1) is 16.3. The Hall–Kier alpha value is -3.70. The first-order valence-electron chi connectivity index (χ1n) is 11.4. The number of carbonyl (C=O) groups excluding carboxylic acids is 1. The Kier molecular flexibility index (Phi) is 6.31. The van der Waals surface area contributed by atoms with E-state index in [9.17, 15) is 4.79 Å². The van der Waals surface area contributed by atoms with Crippen molar-refractivity contribution in [3.8, 4) is 11.4 Å². The number of fused-ring (bicyclic) bond motifs is 1. The largest absolute Gasteiger partial charge is 0.359 e. The van der Waals surface area contributed by atoms with E-state index in [1.807, 2.05) is 91.1 Å². The summed E-state index contributed by atoms with van der Waals surface area (Å²) in [5.74, 6) is 0.817. The average molecular weight is 438 g/mol. The summed E-state index contributed by atoms with van der Waals surface area (Å²) in [5.41, 5.74) is 5.14. The fourth-order valence-electron chi connectivity index (χ4n) is 4.37. The molecule has 0 spiro atoms. The van der Waals surface area contributed by atoms with E-state index >= 15 is 0 Å². The number of amides is 1. The van der Waals surface area contributed by atoms with Crippen LogP contribution in [0.3, 0.4) is 0 Å². The zero-order valence-electron chi connectivity index (χ0n) is 18.5. The molecule has 0 saturated carbocycles. The van der Waals surface area contributed by atoms with Gasteiger partial charge in [-0.05, 0) is 54.7 Å². The predicted molar refractivity (Wildman–Crippen MR) is 130 cm³/mol. The van der Waals surface area contributed by atoms with Gasteiger partial charge in [-0.3, -0.25) is 4.79 Å². The van der Waals surface area contributed by atoms with Gasteiger partial charge in [0, 0.05) is 29.7 Å². The number of benzene rings is 3. The Morgan fingerprint density at radius 1 is 0.909 bits per heavy atom. The number of hydrogen-bond donors (Lipinski definition) is 1. The van der Waals surface area contributed by atoms with Gasteiger partial charge in [-0.1, -0.05) is 60.7 Å². The Morgan fingerprint density at radius 2 is 1.58 bits per heavy atom. The quantitative estimate of drug-likeness (QED) is 0.408. The van der Waals surface area contributed by atoms with Crippen LogP contribution in [0.5, 0.6) is 0 Å². The number of nitrogens with zero attached hydrogens (tertiary/aromatic N) is 2. The van der Waals surface area contributed by atoms with Gasteiger partial charge in [-0.25, -0.2) is 4.98 Å². The van der Waals surface area contributed by atoms with E-state index < -0.39 is 0 Å². The lowest BCUT2D eigenvalue weighted by atomic mass is 10.0. The van der Waals surface area contributed by atoms with Crippen LogP contribution in [0.2, 0.25) is 0 Å². The van der Waals surface area contributed by atoms with Crippen molar-refractivity contribution in [1.82, 2.24) is 9.55 Å². The number of aromatic nitrogens is 2. The third-order valence-electron chi connectivity index (χ3n) is 6.02. The van der Waals surface area contributed by atoms with Crippen molar-refractivity contribution in [2.45, 2.75) is 31.9 Å². The van der Waals surface area contributed by atoms with Crippen LogP contribution in [0.25, 0.3) is 11.4 Å². The summed E-state index contributed by atoms with van der Waals surface area (Å²) in [5, 5.41) is 2.94. The molecule has 5 rings (SSSR count). The lowest BCUT2D eigenvalue weighted by Crippen LogP contribution is -2.20. The van der Waals surface area contributed by atoms with Gasteiger partial charge in [0.15, 0.2) is 0 Å². The minimum atomic E-state index is -0.299. The van der Waals surface area contributed by atoms with Crippen molar-refractivity contribution in [2.75, 3.05) is 11.9 Å². The monoisotopic (exact) mass is 437 g/mol. The molecule has 0 saturated heterocycles. The number of ether oxygens (including phenoxy) is 1. The van der Waals surface area contributed by atoms with Crippen molar-refractivity contribution in [1.29, 1.82) is 0 Å². The highest BCUT2D eigenvalue weighted by Crippen LogP contribution is 2.27. The standard InChI is InChI=1S/C28H27N3O2/c32-26(20-33-27(21-9-3-1-4-10-21)22-11-5-2-6-12-22)30-24-16-14-23(15-17-24)28-29-19-25-13-7-8-18-31(25)28/h1-6,9-12,14-17,19,27H,7-8,13,18,20H2,(H,30,32). The highest BCUT2D eigenvalue weighted by Gasteiger charge is 2.17. The maximum atomic E-state index is 12.6. The van der Waals surface area contributed by atoms with Crippen molar-refractivity contribution in [3.63, 3.8) is 0 Å². The Morgan fingerprint density at radius 3 is 2.24 bits per heavy atom. The zero-order valence-corrected chi connectivity index (χ0v) is 18.5. The number of nitrogens with one attached hydrogen (secondary N) is 1. The number of anilines is 1. The number of hydrogen-bond acceptors (Lipinski definition) is 3. The minimum Gasteiger partial charge on any atom is -0.359 e. The highest BCUT2D eigenvalue weighted by molar-refractivity contribution is 5.91. The van der Waals surface area contributed by atoms with Gasteiger partial charge >= 0.3 is 0 Å². The predicted octanol–water partition coefficient (Wildman–Crippen LogP) is 5.63. The molecule has 1 amide bonds. The first kappa shape index (κ1) is 21.2.